The van der Waals surface area contributed by atoms with E-state index in [0.29, 0.717) is 25.7 Å². The Morgan fingerprint density at radius 2 is 1.89 bits per heavy atom. The largest absolute Gasteiger partial charge is 0.453 e. The number of ether oxygens (including phenoxy) is 3. The molecule has 1 aliphatic carbocycles. The van der Waals surface area contributed by atoms with Gasteiger partial charge in [0.1, 0.15) is 5.82 Å². The van der Waals surface area contributed by atoms with Gasteiger partial charge in [0.25, 0.3) is 0 Å². The van der Waals surface area contributed by atoms with Crippen LogP contribution in [0.2, 0.25) is 0 Å². The van der Waals surface area contributed by atoms with Crippen LogP contribution in [0, 0.1) is 11.7 Å². The van der Waals surface area contributed by atoms with E-state index in [-0.39, 0.29) is 42.1 Å². The minimum atomic E-state index is -0.321. The van der Waals surface area contributed by atoms with Crippen molar-refractivity contribution in [1.29, 1.82) is 0 Å². The molecule has 3 aliphatic rings. The number of halogens is 1. The summed E-state index contributed by atoms with van der Waals surface area (Å²) < 4.78 is 31.0. The molecule has 1 N–H and O–H groups in total. The number of nitrogens with zero attached hydrogens (tertiary/aromatic N) is 1. The highest BCUT2D eigenvalue weighted by Crippen LogP contribution is 2.38. The minimum Gasteiger partial charge on any atom is -0.453 e. The smallest absolute Gasteiger partial charge is 0.410 e. The lowest BCUT2D eigenvalue weighted by atomic mass is 9.82. The Morgan fingerprint density at radius 3 is 2.63 bits per heavy atom. The van der Waals surface area contributed by atoms with Gasteiger partial charge >= 0.3 is 6.09 Å². The number of fused-ring (bicyclic) bond motifs is 1. The fourth-order valence-corrected chi connectivity index (χ4v) is 6.13. The number of nitrogens with one attached hydrogen (secondary N) is 1. The Hall–Kier alpha value is -2.48. The van der Waals surface area contributed by atoms with Crippen molar-refractivity contribution >= 4 is 6.09 Å². The van der Waals surface area contributed by atoms with Crippen LogP contribution in [0.1, 0.15) is 42.7 Å². The molecule has 2 heterocycles. The van der Waals surface area contributed by atoms with Crippen molar-refractivity contribution in [1.82, 2.24) is 10.2 Å². The van der Waals surface area contributed by atoms with Gasteiger partial charge in [-0.05, 0) is 54.9 Å². The Morgan fingerprint density at radius 1 is 1.09 bits per heavy atom. The molecule has 2 saturated heterocycles. The molecular formula is C28H35FN2O4. The number of rotatable bonds is 7. The van der Waals surface area contributed by atoms with E-state index in [1.807, 2.05) is 29.2 Å². The molecule has 2 aliphatic heterocycles. The average Bonchev–Trinajstić information content (AvgIpc) is 3.47. The van der Waals surface area contributed by atoms with Gasteiger partial charge in [-0.1, -0.05) is 42.5 Å². The first-order valence-electron chi connectivity index (χ1n) is 12.7. The maximum absolute atomic E-state index is 13.6. The van der Waals surface area contributed by atoms with Gasteiger partial charge in [0.15, 0.2) is 0 Å². The van der Waals surface area contributed by atoms with E-state index in [0.717, 1.165) is 37.8 Å². The third-order valence-electron chi connectivity index (χ3n) is 7.95. The van der Waals surface area contributed by atoms with Gasteiger partial charge in [-0.15, -0.1) is 0 Å². The lowest BCUT2D eigenvalue weighted by Gasteiger charge is -2.34. The molecule has 1 amide bonds. The number of carbonyl (C=O) groups is 1. The van der Waals surface area contributed by atoms with Crippen LogP contribution in [0.15, 0.2) is 54.6 Å². The zero-order valence-corrected chi connectivity index (χ0v) is 20.3. The number of hydrogen-bond acceptors (Lipinski definition) is 5. The second-order valence-electron chi connectivity index (χ2n) is 9.97. The molecule has 1 saturated carbocycles. The SMILES string of the molecule is COC(=O)N1[C@@H]2COC[C@@H]2[C@H](NCc2ccccc2)[C@@H]1COC1CCC(c2cccc(F)c2)CC1. The molecular weight excluding hydrogens is 447 g/mol. The fraction of sp³-hybridized carbons (Fsp3) is 0.536. The first kappa shape index (κ1) is 24.2. The van der Waals surface area contributed by atoms with E-state index in [1.54, 1.807) is 12.1 Å². The van der Waals surface area contributed by atoms with Gasteiger partial charge in [0.05, 0.1) is 45.1 Å². The van der Waals surface area contributed by atoms with E-state index >= 15 is 0 Å². The number of methoxy groups -OCH3 is 1. The first-order valence-corrected chi connectivity index (χ1v) is 12.7. The summed E-state index contributed by atoms with van der Waals surface area (Å²) in [4.78, 5) is 14.6. The summed E-state index contributed by atoms with van der Waals surface area (Å²) in [6.45, 7) is 2.33. The second kappa shape index (κ2) is 11.1. The average molecular weight is 483 g/mol. The number of carbonyl (C=O) groups excluding carboxylic acids is 1. The number of likely N-dealkylation sites (tertiary alicyclic amines) is 1. The molecule has 188 valence electrons. The fourth-order valence-electron chi connectivity index (χ4n) is 6.13. The van der Waals surface area contributed by atoms with Gasteiger partial charge in [-0.3, -0.25) is 4.90 Å². The van der Waals surface area contributed by atoms with E-state index in [2.05, 4.69) is 17.4 Å². The molecule has 0 bridgehead atoms. The van der Waals surface area contributed by atoms with Crippen LogP contribution in [-0.4, -0.2) is 62.2 Å². The molecule has 7 heteroatoms. The highest BCUT2D eigenvalue weighted by molar-refractivity contribution is 5.69. The maximum Gasteiger partial charge on any atom is 0.410 e. The van der Waals surface area contributed by atoms with Crippen LogP contribution in [0.4, 0.5) is 9.18 Å². The van der Waals surface area contributed by atoms with E-state index in [1.165, 1.54) is 18.7 Å². The predicted molar refractivity (Wildman–Crippen MR) is 131 cm³/mol. The summed E-state index contributed by atoms with van der Waals surface area (Å²) in [5.74, 6) is 0.407. The highest BCUT2D eigenvalue weighted by Gasteiger charge is 2.54. The maximum atomic E-state index is 13.6. The van der Waals surface area contributed by atoms with E-state index in [4.69, 9.17) is 14.2 Å². The van der Waals surface area contributed by atoms with Gasteiger partial charge < -0.3 is 19.5 Å². The standard InChI is InChI=1S/C28H35FN2O4/c1-33-28(32)31-25-17-34-16-24(25)27(30-15-19-6-3-2-4-7-19)26(31)18-35-23-12-10-20(11-13-23)21-8-5-9-22(29)14-21/h2-9,14,20,23-27,30H,10-13,15-18H2,1H3/t20?,23?,24-,25+,26-,27-/m0/s1. The van der Waals surface area contributed by atoms with E-state index in [9.17, 15) is 9.18 Å². The molecule has 2 aromatic rings. The zero-order valence-electron chi connectivity index (χ0n) is 20.3. The van der Waals surface area contributed by atoms with Crippen molar-refractivity contribution in [2.24, 2.45) is 5.92 Å². The molecule has 35 heavy (non-hydrogen) atoms. The normalized spacial score (nSPS) is 30.3. The van der Waals surface area contributed by atoms with Crippen molar-refractivity contribution in [2.75, 3.05) is 26.9 Å². The quantitative estimate of drug-likeness (QED) is 0.630. The monoisotopic (exact) mass is 482 g/mol. The Bertz CT molecular complexity index is 982. The van der Waals surface area contributed by atoms with Crippen LogP contribution in [-0.2, 0) is 20.8 Å². The summed E-state index contributed by atoms with van der Waals surface area (Å²) in [7, 11) is 1.43. The molecule has 0 unspecified atom stereocenters. The topological polar surface area (TPSA) is 60.0 Å². The van der Waals surface area contributed by atoms with Crippen LogP contribution in [0.5, 0.6) is 0 Å². The lowest BCUT2D eigenvalue weighted by molar-refractivity contribution is -0.0151. The zero-order chi connectivity index (χ0) is 24.2. The summed E-state index contributed by atoms with van der Waals surface area (Å²) in [6.07, 6.45) is 3.65. The summed E-state index contributed by atoms with van der Waals surface area (Å²) in [6, 6.07) is 17.2. The van der Waals surface area contributed by atoms with Gasteiger partial charge in [-0.2, -0.15) is 0 Å². The second-order valence-corrected chi connectivity index (χ2v) is 9.97. The molecule has 0 radical (unpaired) electrons. The van der Waals surface area contributed by atoms with Crippen LogP contribution in [0.25, 0.3) is 0 Å². The third kappa shape index (κ3) is 5.37. The summed E-state index contributed by atoms with van der Waals surface area (Å²) in [5.41, 5.74) is 2.28. The highest BCUT2D eigenvalue weighted by atomic mass is 19.1. The Kier molecular flexibility index (Phi) is 7.66. The van der Waals surface area contributed by atoms with E-state index < -0.39 is 0 Å². The third-order valence-corrected chi connectivity index (χ3v) is 7.95. The van der Waals surface area contributed by atoms with Crippen LogP contribution in [0.3, 0.4) is 0 Å². The molecule has 3 fully saturated rings. The van der Waals surface area contributed by atoms with Gasteiger partial charge in [0.2, 0.25) is 0 Å². The first-order chi connectivity index (χ1) is 17.1. The Balaban J connectivity index is 1.23. The van der Waals surface area contributed by atoms with Crippen molar-refractivity contribution in [2.45, 2.75) is 62.4 Å². The van der Waals surface area contributed by atoms with Gasteiger partial charge in [-0.25, -0.2) is 9.18 Å². The molecule has 6 nitrogen and oxygen atoms in total. The predicted octanol–water partition coefficient (Wildman–Crippen LogP) is 4.49. The lowest BCUT2D eigenvalue weighted by Crippen LogP contribution is -2.50. The number of benzene rings is 2. The minimum absolute atomic E-state index is 0.00645. The molecule has 0 aromatic heterocycles. The summed E-state index contributed by atoms with van der Waals surface area (Å²) in [5, 5.41) is 3.70. The molecule has 5 rings (SSSR count). The number of hydrogen-bond donors (Lipinski definition) is 1. The molecule has 4 atom stereocenters. The number of amides is 1. The van der Waals surface area contributed by atoms with Gasteiger partial charge in [0, 0.05) is 18.5 Å². The van der Waals surface area contributed by atoms with Crippen molar-refractivity contribution in [3.63, 3.8) is 0 Å². The molecule has 0 spiro atoms. The molecule has 2 aromatic carbocycles. The van der Waals surface area contributed by atoms with Crippen molar-refractivity contribution < 1.29 is 23.4 Å². The summed E-state index contributed by atoms with van der Waals surface area (Å²) >= 11 is 0. The van der Waals surface area contributed by atoms with Crippen molar-refractivity contribution in [3.8, 4) is 0 Å². The van der Waals surface area contributed by atoms with Crippen LogP contribution < -0.4 is 5.32 Å². The van der Waals surface area contributed by atoms with Crippen LogP contribution >= 0.6 is 0 Å². The Labute approximate surface area is 206 Å². The van der Waals surface area contributed by atoms with Crippen molar-refractivity contribution in [3.05, 3.63) is 71.5 Å².